The van der Waals surface area contributed by atoms with Gasteiger partial charge in [-0.05, 0) is 36.8 Å². The van der Waals surface area contributed by atoms with Crippen LogP contribution in [-0.4, -0.2) is 11.3 Å². The third-order valence-electron chi connectivity index (χ3n) is 3.21. The Hall–Kier alpha value is -2.81. The Morgan fingerprint density at radius 1 is 1.20 bits per heavy atom. The molecule has 1 aliphatic heterocycles. The quantitative estimate of drug-likeness (QED) is 0.842. The molecule has 132 valence electrons. The Kier molecular flexibility index (Phi) is 4.49. The van der Waals surface area contributed by atoms with Gasteiger partial charge in [0.15, 0.2) is 11.6 Å². The van der Waals surface area contributed by atoms with Crippen LogP contribution in [0.4, 0.5) is 17.6 Å². The van der Waals surface area contributed by atoms with Crippen molar-refractivity contribution in [1.29, 1.82) is 0 Å². The fourth-order valence-electron chi connectivity index (χ4n) is 2.09. The molecule has 0 unspecified atom stereocenters. The van der Waals surface area contributed by atoms with E-state index in [1.165, 1.54) is 18.3 Å². The number of alkyl halides is 3. The molecule has 1 aliphatic rings. The minimum atomic E-state index is -4.96. The van der Waals surface area contributed by atoms with E-state index in [2.05, 4.69) is 15.2 Å². The van der Waals surface area contributed by atoms with Crippen molar-refractivity contribution >= 4 is 0 Å². The number of hydrogen-bond acceptors (Lipinski definition) is 5. The predicted molar refractivity (Wildman–Crippen MR) is 77.7 cm³/mol. The van der Waals surface area contributed by atoms with Gasteiger partial charge < -0.3 is 9.47 Å². The first-order valence-electron chi connectivity index (χ1n) is 7.09. The number of nitrogens with one attached hydrogen (secondary N) is 1. The van der Waals surface area contributed by atoms with Gasteiger partial charge in [0.25, 0.3) is 0 Å². The molecule has 9 heteroatoms. The number of rotatable bonds is 4. The first kappa shape index (κ1) is 17.0. The molecule has 2 aromatic rings. The topological polar surface area (TPSA) is 52.6 Å². The fourth-order valence-corrected chi connectivity index (χ4v) is 2.09. The zero-order chi connectivity index (χ0) is 18.0. The molecule has 0 fully saturated rings. The maximum absolute atomic E-state index is 13.8. The summed E-state index contributed by atoms with van der Waals surface area (Å²) in [7, 11) is 0. The molecule has 1 aromatic heterocycles. The Balaban J connectivity index is 1.71. The van der Waals surface area contributed by atoms with Gasteiger partial charge in [0.1, 0.15) is 11.9 Å². The van der Waals surface area contributed by atoms with Crippen molar-refractivity contribution < 1.29 is 31.9 Å². The van der Waals surface area contributed by atoms with Crippen molar-refractivity contribution in [3.05, 3.63) is 65.6 Å². The van der Waals surface area contributed by atoms with Gasteiger partial charge in [-0.3, -0.25) is 9.82 Å². The number of aryl methyl sites for hydroxylation is 1. The normalized spacial score (nSPS) is 17.0. The third-order valence-corrected chi connectivity index (χ3v) is 3.21. The summed E-state index contributed by atoms with van der Waals surface area (Å²) >= 11 is 0. The SMILES string of the molecule is Cc1ccc(OC2=C[C@H](c3ccc(OC(F)(F)F)c(F)c3)ON2)cn1. The lowest BCUT2D eigenvalue weighted by Crippen LogP contribution is -2.18. The highest BCUT2D eigenvalue weighted by Gasteiger charge is 2.32. The zero-order valence-corrected chi connectivity index (χ0v) is 12.8. The van der Waals surface area contributed by atoms with Crippen molar-refractivity contribution in [3.8, 4) is 11.5 Å². The van der Waals surface area contributed by atoms with Gasteiger partial charge >= 0.3 is 6.36 Å². The number of hydroxylamine groups is 1. The van der Waals surface area contributed by atoms with Gasteiger partial charge in [-0.25, -0.2) is 9.87 Å². The van der Waals surface area contributed by atoms with E-state index in [0.29, 0.717) is 11.3 Å². The van der Waals surface area contributed by atoms with E-state index in [1.54, 1.807) is 12.1 Å². The Morgan fingerprint density at radius 3 is 2.64 bits per heavy atom. The van der Waals surface area contributed by atoms with Crippen LogP contribution in [0.2, 0.25) is 0 Å². The average Bonchev–Trinajstić information content (AvgIpc) is 2.99. The molecule has 0 spiro atoms. The van der Waals surface area contributed by atoms with Gasteiger partial charge in [-0.1, -0.05) is 6.07 Å². The highest BCUT2D eigenvalue weighted by atomic mass is 19.4. The molecule has 0 aliphatic carbocycles. The highest BCUT2D eigenvalue weighted by molar-refractivity contribution is 5.33. The number of ether oxygens (including phenoxy) is 2. The van der Waals surface area contributed by atoms with Crippen LogP contribution >= 0.6 is 0 Å². The van der Waals surface area contributed by atoms with Crippen LogP contribution < -0.4 is 15.0 Å². The van der Waals surface area contributed by atoms with Crippen LogP contribution in [0.3, 0.4) is 0 Å². The number of benzene rings is 1. The summed E-state index contributed by atoms with van der Waals surface area (Å²) in [5, 5.41) is 0. The largest absolute Gasteiger partial charge is 0.573 e. The van der Waals surface area contributed by atoms with Crippen molar-refractivity contribution in [2.24, 2.45) is 0 Å². The molecule has 0 saturated carbocycles. The predicted octanol–water partition coefficient (Wildman–Crippen LogP) is 3.92. The Labute approximate surface area is 139 Å². The smallest absolute Gasteiger partial charge is 0.438 e. The molecule has 2 heterocycles. The molecule has 5 nitrogen and oxygen atoms in total. The van der Waals surface area contributed by atoms with Gasteiger partial charge in [-0.15, -0.1) is 13.2 Å². The lowest BCUT2D eigenvalue weighted by molar-refractivity contribution is -0.275. The molecule has 25 heavy (non-hydrogen) atoms. The average molecular weight is 356 g/mol. The van der Waals surface area contributed by atoms with Gasteiger partial charge in [0.05, 0.1) is 6.20 Å². The van der Waals surface area contributed by atoms with Crippen LogP contribution in [0, 0.1) is 12.7 Å². The van der Waals surface area contributed by atoms with Gasteiger partial charge in [0, 0.05) is 11.8 Å². The van der Waals surface area contributed by atoms with E-state index < -0.39 is 24.0 Å². The maximum Gasteiger partial charge on any atom is 0.573 e. The second-order valence-electron chi connectivity index (χ2n) is 5.15. The van der Waals surface area contributed by atoms with Crippen LogP contribution in [0.5, 0.6) is 11.5 Å². The van der Waals surface area contributed by atoms with E-state index in [9.17, 15) is 17.6 Å². The minimum absolute atomic E-state index is 0.256. The monoisotopic (exact) mass is 356 g/mol. The standard InChI is InChI=1S/C16H12F4N2O3/c1-9-2-4-11(8-21-9)23-15-7-14(25-22-15)10-3-5-13(12(17)6-10)24-16(18,19)20/h2-8,14,22H,1H3/t14-/m1/s1. The first-order chi connectivity index (χ1) is 11.8. The van der Waals surface area contributed by atoms with E-state index in [-0.39, 0.29) is 5.88 Å². The van der Waals surface area contributed by atoms with Crippen molar-refractivity contribution in [3.63, 3.8) is 0 Å². The summed E-state index contributed by atoms with van der Waals surface area (Å²) in [5.41, 5.74) is 3.64. The molecule has 0 amide bonds. The molecule has 1 N–H and O–H groups in total. The molecular formula is C16H12F4N2O3. The molecule has 0 saturated heterocycles. The second kappa shape index (κ2) is 6.60. The Bertz CT molecular complexity index is 791. The Morgan fingerprint density at radius 2 is 2.00 bits per heavy atom. The van der Waals surface area contributed by atoms with Crippen LogP contribution in [0.25, 0.3) is 0 Å². The number of nitrogens with zero attached hydrogens (tertiary/aromatic N) is 1. The molecule has 1 atom stereocenters. The summed E-state index contributed by atoms with van der Waals surface area (Å²) < 4.78 is 59.3. The summed E-state index contributed by atoms with van der Waals surface area (Å²) in [5.74, 6) is -1.34. The van der Waals surface area contributed by atoms with E-state index in [4.69, 9.17) is 9.57 Å². The lowest BCUT2D eigenvalue weighted by Gasteiger charge is -2.12. The number of hydrogen-bond donors (Lipinski definition) is 1. The summed E-state index contributed by atoms with van der Waals surface area (Å²) in [4.78, 5) is 9.30. The first-order valence-corrected chi connectivity index (χ1v) is 7.09. The fraction of sp³-hybridized carbons (Fsp3) is 0.188. The number of halogens is 4. The number of aromatic nitrogens is 1. The van der Waals surface area contributed by atoms with Gasteiger partial charge in [-0.2, -0.15) is 0 Å². The molecular weight excluding hydrogens is 344 g/mol. The summed E-state index contributed by atoms with van der Waals surface area (Å²) in [6.07, 6.45) is -2.66. The van der Waals surface area contributed by atoms with E-state index in [1.807, 2.05) is 6.92 Å². The van der Waals surface area contributed by atoms with Gasteiger partial charge in [0.2, 0.25) is 5.88 Å². The van der Waals surface area contributed by atoms with Crippen LogP contribution in [-0.2, 0) is 4.84 Å². The summed E-state index contributed by atoms with van der Waals surface area (Å²) in [6, 6.07) is 6.53. The van der Waals surface area contributed by atoms with Crippen LogP contribution in [0.1, 0.15) is 17.4 Å². The third kappa shape index (κ3) is 4.38. The maximum atomic E-state index is 13.8. The van der Waals surface area contributed by atoms with Crippen molar-refractivity contribution in [1.82, 2.24) is 10.5 Å². The van der Waals surface area contributed by atoms with E-state index in [0.717, 1.165) is 17.8 Å². The lowest BCUT2D eigenvalue weighted by atomic mass is 10.1. The van der Waals surface area contributed by atoms with Crippen LogP contribution in [0.15, 0.2) is 48.5 Å². The van der Waals surface area contributed by atoms with Crippen molar-refractivity contribution in [2.45, 2.75) is 19.4 Å². The molecule has 0 bridgehead atoms. The molecule has 3 rings (SSSR count). The minimum Gasteiger partial charge on any atom is -0.438 e. The second-order valence-corrected chi connectivity index (χ2v) is 5.15. The molecule has 0 radical (unpaired) electrons. The van der Waals surface area contributed by atoms with Crippen molar-refractivity contribution in [2.75, 3.05) is 0 Å². The van der Waals surface area contributed by atoms with E-state index >= 15 is 0 Å². The summed E-state index contributed by atoms with van der Waals surface area (Å²) in [6.45, 7) is 1.83. The molecule has 1 aromatic carbocycles. The zero-order valence-electron chi connectivity index (χ0n) is 12.8. The highest BCUT2D eigenvalue weighted by Crippen LogP contribution is 2.31. The number of pyridine rings is 1.